The van der Waals surface area contributed by atoms with E-state index in [-0.39, 0.29) is 12.2 Å². The Balaban J connectivity index is 2.43. The van der Waals surface area contributed by atoms with Gasteiger partial charge in [0.15, 0.2) is 5.69 Å². The summed E-state index contributed by atoms with van der Waals surface area (Å²) in [6.45, 7) is 5.59. The van der Waals surface area contributed by atoms with Gasteiger partial charge in [0.05, 0.1) is 0 Å². The van der Waals surface area contributed by atoms with Gasteiger partial charge >= 0.3 is 12.1 Å². The Morgan fingerprint density at radius 2 is 2.11 bits per heavy atom. The number of carboxylic acid groups (broad SMARTS) is 1. The Kier molecular flexibility index (Phi) is 4.80. The van der Waals surface area contributed by atoms with Crippen LogP contribution in [0, 0.1) is 0 Å². The Hall–Kier alpha value is -2.18. The number of carbonyl (C=O) groups is 2. The molecule has 0 aromatic carbocycles. The standard InChI is InChI=1S/C12H17N3O4/c1-12(2,3)19-11(18)14-7-5-9-13-6-4-8(15-9)10(16)17/h4,6H,5,7H2,1-3H3,(H,14,18)(H,16,17). The van der Waals surface area contributed by atoms with Crippen molar-refractivity contribution in [2.75, 3.05) is 6.54 Å². The third-order valence-corrected chi connectivity index (χ3v) is 1.94. The molecule has 0 saturated heterocycles. The summed E-state index contributed by atoms with van der Waals surface area (Å²) in [5.74, 6) is -0.750. The van der Waals surface area contributed by atoms with Crippen LogP contribution in [0.2, 0.25) is 0 Å². The Bertz CT molecular complexity index is 468. The Morgan fingerprint density at radius 3 is 2.68 bits per heavy atom. The quantitative estimate of drug-likeness (QED) is 0.851. The second kappa shape index (κ2) is 6.12. The number of aromatic nitrogens is 2. The van der Waals surface area contributed by atoms with E-state index >= 15 is 0 Å². The normalized spacial score (nSPS) is 10.9. The third kappa shape index (κ3) is 5.80. The number of hydrogen-bond donors (Lipinski definition) is 2. The number of nitrogens with zero attached hydrogens (tertiary/aromatic N) is 2. The van der Waals surface area contributed by atoms with Gasteiger partial charge in [0, 0.05) is 19.2 Å². The summed E-state index contributed by atoms with van der Waals surface area (Å²) < 4.78 is 5.05. The first-order chi connectivity index (χ1) is 8.78. The molecule has 0 aliphatic carbocycles. The molecule has 0 spiro atoms. The van der Waals surface area contributed by atoms with Crippen molar-refractivity contribution in [3.8, 4) is 0 Å². The smallest absolute Gasteiger partial charge is 0.407 e. The van der Waals surface area contributed by atoms with E-state index in [1.54, 1.807) is 20.8 Å². The fourth-order valence-electron chi connectivity index (χ4n) is 1.23. The van der Waals surface area contributed by atoms with Crippen LogP contribution in [0.15, 0.2) is 12.3 Å². The average Bonchev–Trinajstić information content (AvgIpc) is 2.27. The number of carbonyl (C=O) groups excluding carboxylic acids is 1. The van der Waals surface area contributed by atoms with Crippen molar-refractivity contribution < 1.29 is 19.4 Å². The van der Waals surface area contributed by atoms with E-state index in [1.165, 1.54) is 12.3 Å². The van der Waals surface area contributed by atoms with Gasteiger partial charge in [-0.2, -0.15) is 0 Å². The summed E-state index contributed by atoms with van der Waals surface area (Å²) in [4.78, 5) is 29.8. The second-order valence-corrected chi connectivity index (χ2v) is 4.84. The highest BCUT2D eigenvalue weighted by Gasteiger charge is 2.15. The number of nitrogens with one attached hydrogen (secondary N) is 1. The number of alkyl carbamates (subject to hydrolysis) is 1. The van der Waals surface area contributed by atoms with E-state index in [2.05, 4.69) is 15.3 Å². The van der Waals surface area contributed by atoms with Gasteiger partial charge < -0.3 is 15.2 Å². The van der Waals surface area contributed by atoms with Crippen LogP contribution in [0.4, 0.5) is 4.79 Å². The third-order valence-electron chi connectivity index (χ3n) is 1.94. The van der Waals surface area contributed by atoms with Gasteiger partial charge in [-0.25, -0.2) is 19.6 Å². The molecule has 0 atom stereocenters. The van der Waals surface area contributed by atoms with Crippen LogP contribution < -0.4 is 5.32 Å². The van der Waals surface area contributed by atoms with Crippen molar-refractivity contribution in [3.05, 3.63) is 23.8 Å². The van der Waals surface area contributed by atoms with E-state index in [4.69, 9.17) is 9.84 Å². The van der Waals surface area contributed by atoms with Crippen molar-refractivity contribution in [1.29, 1.82) is 0 Å². The second-order valence-electron chi connectivity index (χ2n) is 4.84. The minimum Gasteiger partial charge on any atom is -0.477 e. The highest BCUT2D eigenvalue weighted by atomic mass is 16.6. The van der Waals surface area contributed by atoms with Gasteiger partial charge in [0.25, 0.3) is 0 Å². The summed E-state index contributed by atoms with van der Waals surface area (Å²) >= 11 is 0. The first-order valence-electron chi connectivity index (χ1n) is 5.80. The highest BCUT2D eigenvalue weighted by molar-refractivity contribution is 5.85. The lowest BCUT2D eigenvalue weighted by Crippen LogP contribution is -2.33. The Labute approximate surface area is 111 Å². The fraction of sp³-hybridized carbons (Fsp3) is 0.500. The summed E-state index contributed by atoms with van der Waals surface area (Å²) in [6.07, 6.45) is 1.18. The summed E-state index contributed by atoms with van der Waals surface area (Å²) in [7, 11) is 0. The molecule has 0 saturated carbocycles. The summed E-state index contributed by atoms with van der Waals surface area (Å²) in [6, 6.07) is 1.31. The van der Waals surface area contributed by atoms with Gasteiger partial charge in [0.2, 0.25) is 0 Å². The van der Waals surface area contributed by atoms with E-state index in [1.807, 2.05) is 0 Å². The minimum absolute atomic E-state index is 0.0673. The SMILES string of the molecule is CC(C)(C)OC(=O)NCCc1nccc(C(=O)O)n1. The first-order valence-corrected chi connectivity index (χ1v) is 5.80. The first kappa shape index (κ1) is 14.9. The van der Waals surface area contributed by atoms with Crippen LogP contribution in [0.5, 0.6) is 0 Å². The van der Waals surface area contributed by atoms with Crippen LogP contribution in [-0.2, 0) is 11.2 Å². The van der Waals surface area contributed by atoms with Crippen molar-refractivity contribution in [3.63, 3.8) is 0 Å². The van der Waals surface area contributed by atoms with Gasteiger partial charge in [-0.05, 0) is 26.8 Å². The molecule has 1 aromatic rings. The fourth-order valence-corrected chi connectivity index (χ4v) is 1.23. The van der Waals surface area contributed by atoms with Gasteiger partial charge in [-0.3, -0.25) is 0 Å². The van der Waals surface area contributed by atoms with E-state index in [9.17, 15) is 9.59 Å². The molecule has 19 heavy (non-hydrogen) atoms. The van der Waals surface area contributed by atoms with Crippen molar-refractivity contribution in [2.45, 2.75) is 32.8 Å². The molecular formula is C12H17N3O4. The Morgan fingerprint density at radius 1 is 1.42 bits per heavy atom. The molecular weight excluding hydrogens is 250 g/mol. The van der Waals surface area contributed by atoms with E-state index in [0.29, 0.717) is 12.2 Å². The minimum atomic E-state index is -1.11. The summed E-state index contributed by atoms with van der Waals surface area (Å²) in [5, 5.41) is 11.3. The number of rotatable bonds is 4. The van der Waals surface area contributed by atoms with Crippen LogP contribution in [-0.4, -0.2) is 39.3 Å². The molecule has 104 valence electrons. The zero-order valence-electron chi connectivity index (χ0n) is 11.1. The predicted octanol–water partition coefficient (Wildman–Crippen LogP) is 1.24. The molecule has 1 aromatic heterocycles. The van der Waals surface area contributed by atoms with Gasteiger partial charge in [-0.15, -0.1) is 0 Å². The maximum Gasteiger partial charge on any atom is 0.407 e. The largest absolute Gasteiger partial charge is 0.477 e. The van der Waals surface area contributed by atoms with Crippen molar-refractivity contribution in [1.82, 2.24) is 15.3 Å². The molecule has 0 fully saturated rings. The lowest BCUT2D eigenvalue weighted by Gasteiger charge is -2.19. The lowest BCUT2D eigenvalue weighted by atomic mass is 10.2. The molecule has 0 bridgehead atoms. The van der Waals surface area contributed by atoms with E-state index < -0.39 is 17.7 Å². The maximum atomic E-state index is 11.4. The van der Waals surface area contributed by atoms with Crippen LogP contribution in [0.1, 0.15) is 37.1 Å². The van der Waals surface area contributed by atoms with Crippen molar-refractivity contribution in [2.24, 2.45) is 0 Å². The zero-order valence-corrected chi connectivity index (χ0v) is 11.1. The predicted molar refractivity (Wildman–Crippen MR) is 66.9 cm³/mol. The average molecular weight is 267 g/mol. The topological polar surface area (TPSA) is 101 Å². The maximum absolute atomic E-state index is 11.4. The van der Waals surface area contributed by atoms with Crippen LogP contribution >= 0.6 is 0 Å². The molecule has 0 radical (unpaired) electrons. The molecule has 0 aliphatic heterocycles. The van der Waals surface area contributed by atoms with Crippen LogP contribution in [0.25, 0.3) is 0 Å². The molecule has 7 nitrogen and oxygen atoms in total. The monoisotopic (exact) mass is 267 g/mol. The van der Waals surface area contributed by atoms with Crippen LogP contribution in [0.3, 0.4) is 0 Å². The number of ether oxygens (including phenoxy) is 1. The van der Waals surface area contributed by atoms with Gasteiger partial charge in [0.1, 0.15) is 11.4 Å². The molecule has 7 heteroatoms. The molecule has 1 rings (SSSR count). The van der Waals surface area contributed by atoms with Crippen molar-refractivity contribution >= 4 is 12.1 Å². The molecule has 0 unspecified atom stereocenters. The molecule has 2 N–H and O–H groups in total. The highest BCUT2D eigenvalue weighted by Crippen LogP contribution is 2.06. The van der Waals surface area contributed by atoms with E-state index in [0.717, 1.165) is 0 Å². The molecule has 1 amide bonds. The number of aromatic carboxylic acids is 1. The molecule has 1 heterocycles. The number of amides is 1. The lowest BCUT2D eigenvalue weighted by molar-refractivity contribution is 0.0527. The molecule has 0 aliphatic rings. The van der Waals surface area contributed by atoms with Gasteiger partial charge in [-0.1, -0.05) is 0 Å². The zero-order chi connectivity index (χ0) is 14.5. The number of carboxylic acids is 1. The summed E-state index contributed by atoms with van der Waals surface area (Å²) in [5.41, 5.74) is -0.619. The number of hydrogen-bond acceptors (Lipinski definition) is 5.